The zero-order valence-corrected chi connectivity index (χ0v) is 14.2. The lowest BCUT2D eigenvalue weighted by Crippen LogP contribution is -2.06. The number of aryl methyl sites for hydroxylation is 3. The third kappa shape index (κ3) is 2.89. The van der Waals surface area contributed by atoms with E-state index in [0.29, 0.717) is 11.4 Å². The number of halogens is 2. The Morgan fingerprint density at radius 1 is 1.58 bits per heavy atom. The van der Waals surface area contributed by atoms with Crippen LogP contribution in [0.15, 0.2) is 9.85 Å². The van der Waals surface area contributed by atoms with E-state index in [9.17, 15) is 5.11 Å². The number of aliphatic hydroxyl groups is 1. The molecular weight excluding hydrogens is 348 g/mol. The van der Waals surface area contributed by atoms with Gasteiger partial charge in [-0.3, -0.25) is 4.68 Å². The molecule has 0 saturated heterocycles. The first-order chi connectivity index (χ1) is 8.95. The van der Waals surface area contributed by atoms with Gasteiger partial charge in [-0.15, -0.1) is 11.3 Å². The van der Waals surface area contributed by atoms with Crippen LogP contribution >= 0.6 is 38.9 Å². The Morgan fingerprint density at radius 2 is 2.26 bits per heavy atom. The minimum atomic E-state index is -0.595. The summed E-state index contributed by atoms with van der Waals surface area (Å²) in [5, 5.41) is 17.4. The van der Waals surface area contributed by atoms with Gasteiger partial charge in [-0.1, -0.05) is 18.5 Å². The van der Waals surface area contributed by atoms with Crippen LogP contribution in [0.25, 0.3) is 0 Å². The van der Waals surface area contributed by atoms with Crippen LogP contribution in [0.5, 0.6) is 0 Å². The standard InChI is InChI=1S/C13H16BrClN2OS/c1-4-8-11(14)9(17(3)16-8)5-10(18)13-12(15)7(2)6-19-13/h6,10,18H,4-5H2,1-3H3. The second kappa shape index (κ2) is 5.95. The van der Waals surface area contributed by atoms with E-state index < -0.39 is 6.10 Å². The molecule has 0 aliphatic heterocycles. The minimum Gasteiger partial charge on any atom is -0.387 e. The van der Waals surface area contributed by atoms with Crippen molar-refractivity contribution in [2.24, 2.45) is 7.05 Å². The zero-order valence-electron chi connectivity index (χ0n) is 11.1. The lowest BCUT2D eigenvalue weighted by molar-refractivity contribution is 0.179. The molecule has 0 aromatic carbocycles. The number of nitrogens with zero attached hydrogens (tertiary/aromatic N) is 2. The van der Waals surface area contributed by atoms with Crippen molar-refractivity contribution in [3.8, 4) is 0 Å². The molecule has 1 N–H and O–H groups in total. The van der Waals surface area contributed by atoms with E-state index in [1.54, 1.807) is 0 Å². The highest BCUT2D eigenvalue weighted by Gasteiger charge is 2.20. The summed E-state index contributed by atoms with van der Waals surface area (Å²) in [6.07, 6.45) is 0.773. The van der Waals surface area contributed by atoms with E-state index in [4.69, 9.17) is 11.6 Å². The van der Waals surface area contributed by atoms with Crippen molar-refractivity contribution in [3.63, 3.8) is 0 Å². The van der Waals surface area contributed by atoms with Gasteiger partial charge in [0.15, 0.2) is 0 Å². The summed E-state index contributed by atoms with van der Waals surface area (Å²) >= 11 is 11.3. The molecule has 0 saturated carbocycles. The second-order valence-corrected chi connectivity index (χ2v) is 6.58. The molecule has 6 heteroatoms. The van der Waals surface area contributed by atoms with E-state index in [-0.39, 0.29) is 0 Å². The zero-order chi connectivity index (χ0) is 14.2. The molecule has 2 aromatic heterocycles. The van der Waals surface area contributed by atoms with Gasteiger partial charge in [-0.05, 0) is 40.2 Å². The first-order valence-corrected chi connectivity index (χ1v) is 8.12. The summed E-state index contributed by atoms with van der Waals surface area (Å²) in [5.74, 6) is 0. The lowest BCUT2D eigenvalue weighted by atomic mass is 10.1. The number of rotatable bonds is 4. The van der Waals surface area contributed by atoms with Gasteiger partial charge in [-0.25, -0.2) is 0 Å². The van der Waals surface area contributed by atoms with E-state index in [2.05, 4.69) is 28.0 Å². The van der Waals surface area contributed by atoms with Crippen molar-refractivity contribution in [1.29, 1.82) is 0 Å². The van der Waals surface area contributed by atoms with Gasteiger partial charge in [0.25, 0.3) is 0 Å². The molecule has 0 radical (unpaired) electrons. The van der Waals surface area contributed by atoms with Crippen LogP contribution in [0.2, 0.25) is 5.02 Å². The normalized spacial score (nSPS) is 12.9. The highest BCUT2D eigenvalue weighted by atomic mass is 79.9. The van der Waals surface area contributed by atoms with Crippen molar-refractivity contribution in [2.75, 3.05) is 0 Å². The molecule has 2 rings (SSSR count). The van der Waals surface area contributed by atoms with Gasteiger partial charge in [0.2, 0.25) is 0 Å². The van der Waals surface area contributed by atoms with Gasteiger partial charge in [0.1, 0.15) is 0 Å². The third-order valence-electron chi connectivity index (χ3n) is 3.12. The number of aromatic nitrogens is 2. The largest absolute Gasteiger partial charge is 0.387 e. The number of aliphatic hydroxyl groups excluding tert-OH is 1. The van der Waals surface area contributed by atoms with Crippen LogP contribution in [0, 0.1) is 6.92 Å². The maximum Gasteiger partial charge on any atom is 0.0952 e. The van der Waals surface area contributed by atoms with Gasteiger partial charge < -0.3 is 5.11 Å². The van der Waals surface area contributed by atoms with Crippen molar-refractivity contribution in [3.05, 3.63) is 36.7 Å². The molecule has 0 aliphatic carbocycles. The molecule has 0 amide bonds. The fourth-order valence-electron chi connectivity index (χ4n) is 1.99. The molecule has 0 bridgehead atoms. The molecule has 3 nitrogen and oxygen atoms in total. The van der Waals surface area contributed by atoms with Crippen LogP contribution in [0.3, 0.4) is 0 Å². The summed E-state index contributed by atoms with van der Waals surface area (Å²) in [6.45, 7) is 4.01. The van der Waals surface area contributed by atoms with Crippen molar-refractivity contribution in [1.82, 2.24) is 9.78 Å². The highest BCUT2D eigenvalue weighted by molar-refractivity contribution is 9.10. The Labute approximate surface area is 130 Å². The summed E-state index contributed by atoms with van der Waals surface area (Å²) < 4.78 is 2.81. The quantitative estimate of drug-likeness (QED) is 0.890. The lowest BCUT2D eigenvalue weighted by Gasteiger charge is -2.10. The highest BCUT2D eigenvalue weighted by Crippen LogP contribution is 2.35. The summed E-state index contributed by atoms with van der Waals surface area (Å²) in [5.41, 5.74) is 3.02. The second-order valence-electron chi connectivity index (χ2n) is 4.50. The average molecular weight is 364 g/mol. The molecular formula is C13H16BrClN2OS. The molecule has 2 aromatic rings. The van der Waals surface area contributed by atoms with E-state index in [1.807, 2.05) is 24.0 Å². The van der Waals surface area contributed by atoms with Gasteiger partial charge in [0, 0.05) is 13.5 Å². The van der Waals surface area contributed by atoms with Crippen LogP contribution in [-0.4, -0.2) is 14.9 Å². The van der Waals surface area contributed by atoms with Crippen LogP contribution in [0.4, 0.5) is 0 Å². The Hall–Kier alpha value is -0.360. The molecule has 1 unspecified atom stereocenters. The predicted molar refractivity (Wildman–Crippen MR) is 83.0 cm³/mol. The molecule has 104 valence electrons. The summed E-state index contributed by atoms with van der Waals surface area (Å²) in [4.78, 5) is 0.824. The smallest absolute Gasteiger partial charge is 0.0952 e. The SMILES string of the molecule is CCc1nn(C)c(CC(O)c2scc(C)c2Cl)c1Br. The predicted octanol–water partition coefficient (Wildman–Crippen LogP) is 4.04. The maximum atomic E-state index is 10.4. The molecule has 2 heterocycles. The molecule has 0 spiro atoms. The van der Waals surface area contributed by atoms with E-state index in [0.717, 1.165) is 32.7 Å². The van der Waals surface area contributed by atoms with Gasteiger partial charge >= 0.3 is 0 Å². The fraction of sp³-hybridized carbons (Fsp3) is 0.462. The number of hydrogen-bond acceptors (Lipinski definition) is 3. The average Bonchev–Trinajstić information content (AvgIpc) is 2.84. The molecule has 0 fully saturated rings. The topological polar surface area (TPSA) is 38.0 Å². The first-order valence-electron chi connectivity index (χ1n) is 6.07. The summed E-state index contributed by atoms with van der Waals surface area (Å²) in [6, 6.07) is 0. The Balaban J connectivity index is 2.26. The molecule has 1 atom stereocenters. The Morgan fingerprint density at radius 3 is 2.74 bits per heavy atom. The minimum absolute atomic E-state index is 0.504. The van der Waals surface area contributed by atoms with E-state index in [1.165, 1.54) is 11.3 Å². The monoisotopic (exact) mass is 362 g/mol. The summed E-state index contributed by atoms with van der Waals surface area (Å²) in [7, 11) is 1.90. The van der Waals surface area contributed by atoms with Crippen molar-refractivity contribution >= 4 is 38.9 Å². The third-order valence-corrected chi connectivity index (χ3v) is 5.85. The first kappa shape index (κ1) is 15.0. The van der Waals surface area contributed by atoms with Gasteiger partial charge in [-0.2, -0.15) is 5.10 Å². The van der Waals surface area contributed by atoms with Crippen LogP contribution in [0.1, 0.15) is 34.9 Å². The van der Waals surface area contributed by atoms with Crippen LogP contribution in [-0.2, 0) is 19.9 Å². The Kier molecular flexibility index (Phi) is 4.71. The van der Waals surface area contributed by atoms with Crippen molar-refractivity contribution < 1.29 is 5.11 Å². The number of hydrogen-bond donors (Lipinski definition) is 1. The van der Waals surface area contributed by atoms with Crippen molar-refractivity contribution in [2.45, 2.75) is 32.8 Å². The fourth-order valence-corrected chi connectivity index (χ4v) is 4.08. The van der Waals surface area contributed by atoms with Gasteiger partial charge in [0.05, 0.1) is 31.9 Å². The Bertz CT molecular complexity index is 594. The van der Waals surface area contributed by atoms with E-state index >= 15 is 0 Å². The maximum absolute atomic E-state index is 10.4. The molecule has 19 heavy (non-hydrogen) atoms. The number of thiophene rings is 1. The van der Waals surface area contributed by atoms with Crippen LogP contribution < -0.4 is 0 Å². The molecule has 0 aliphatic rings.